The van der Waals surface area contributed by atoms with Gasteiger partial charge in [0.2, 0.25) is 0 Å². The van der Waals surface area contributed by atoms with Crippen molar-refractivity contribution in [2.45, 2.75) is 12.5 Å². The number of pyridine rings is 1. The molecule has 1 saturated heterocycles. The Labute approximate surface area is 150 Å². The van der Waals surface area contributed by atoms with E-state index in [9.17, 15) is 18.0 Å². The Morgan fingerprint density at radius 3 is 2.23 bits per heavy atom. The largest absolute Gasteiger partial charge is 0.334 e. The van der Waals surface area contributed by atoms with E-state index in [2.05, 4.69) is 20.9 Å². The number of aromatic nitrogens is 1. The smallest absolute Gasteiger partial charge is 0.319 e. The fourth-order valence-electron chi connectivity index (χ4n) is 2.60. The minimum atomic E-state index is -3.05. The van der Waals surface area contributed by atoms with E-state index in [1.165, 1.54) is 0 Å². The molecule has 26 heavy (non-hydrogen) atoms. The van der Waals surface area contributed by atoms with E-state index in [0.717, 1.165) is 0 Å². The molecule has 0 bridgehead atoms. The van der Waals surface area contributed by atoms with Crippen molar-refractivity contribution in [1.29, 1.82) is 0 Å². The predicted octanol–water partition coefficient (Wildman–Crippen LogP) is 1.64. The molecule has 0 spiro atoms. The van der Waals surface area contributed by atoms with Crippen LogP contribution >= 0.6 is 0 Å². The molecule has 2 aromatic rings. The Hall–Kier alpha value is -2.94. The molecule has 1 aliphatic heterocycles. The maximum atomic E-state index is 12.2. The van der Waals surface area contributed by atoms with Crippen molar-refractivity contribution >= 4 is 33.2 Å². The third-order valence-electron chi connectivity index (χ3n) is 3.91. The molecular weight excluding hydrogens is 356 g/mol. The number of hydrogen-bond acceptors (Lipinski definition) is 5. The molecule has 0 radical (unpaired) electrons. The van der Waals surface area contributed by atoms with E-state index in [1.807, 2.05) is 0 Å². The van der Waals surface area contributed by atoms with Gasteiger partial charge in [0.25, 0.3) is 5.91 Å². The lowest BCUT2D eigenvalue weighted by Crippen LogP contribution is -2.38. The minimum absolute atomic E-state index is 0.0332. The molecule has 1 aromatic heterocycles. The average molecular weight is 374 g/mol. The summed E-state index contributed by atoms with van der Waals surface area (Å²) in [6.07, 6.45) is 3.58. The summed E-state index contributed by atoms with van der Waals surface area (Å²) in [4.78, 5) is 28.0. The zero-order valence-electron chi connectivity index (χ0n) is 13.8. The molecule has 2 heterocycles. The number of nitrogens with zero attached hydrogens (tertiary/aromatic N) is 1. The highest BCUT2D eigenvalue weighted by Crippen LogP contribution is 2.14. The van der Waals surface area contributed by atoms with E-state index >= 15 is 0 Å². The lowest BCUT2D eigenvalue weighted by atomic mass is 10.2. The SMILES string of the molecule is O=C(Nc1ccc(C(=O)Nc2ccncc2)cc1)N[C@@H]1CCS(=O)(=O)C1. The van der Waals surface area contributed by atoms with Gasteiger partial charge in [0.15, 0.2) is 9.84 Å². The number of anilines is 2. The monoisotopic (exact) mass is 374 g/mol. The molecule has 1 aliphatic rings. The van der Waals surface area contributed by atoms with Crippen molar-refractivity contribution in [1.82, 2.24) is 10.3 Å². The van der Waals surface area contributed by atoms with Gasteiger partial charge in [-0.1, -0.05) is 0 Å². The Morgan fingerprint density at radius 2 is 1.62 bits per heavy atom. The first-order chi connectivity index (χ1) is 12.4. The first kappa shape index (κ1) is 17.9. The van der Waals surface area contributed by atoms with Gasteiger partial charge < -0.3 is 16.0 Å². The van der Waals surface area contributed by atoms with Crippen LogP contribution in [0.1, 0.15) is 16.8 Å². The fourth-order valence-corrected chi connectivity index (χ4v) is 4.28. The second kappa shape index (κ2) is 7.52. The van der Waals surface area contributed by atoms with Gasteiger partial charge in [0.1, 0.15) is 0 Å². The van der Waals surface area contributed by atoms with E-state index in [1.54, 1.807) is 48.8 Å². The van der Waals surface area contributed by atoms with Gasteiger partial charge in [-0.3, -0.25) is 9.78 Å². The summed E-state index contributed by atoms with van der Waals surface area (Å²) in [5.41, 5.74) is 1.58. The lowest BCUT2D eigenvalue weighted by molar-refractivity contribution is 0.102. The van der Waals surface area contributed by atoms with Crippen molar-refractivity contribution in [2.75, 3.05) is 22.1 Å². The molecule has 3 rings (SSSR count). The number of benzene rings is 1. The van der Waals surface area contributed by atoms with Crippen LogP contribution in [-0.4, -0.2) is 42.9 Å². The van der Waals surface area contributed by atoms with Gasteiger partial charge in [0, 0.05) is 35.4 Å². The van der Waals surface area contributed by atoms with Crippen molar-refractivity contribution in [2.24, 2.45) is 0 Å². The van der Waals surface area contributed by atoms with Crippen LogP contribution in [0.25, 0.3) is 0 Å². The van der Waals surface area contributed by atoms with Crippen molar-refractivity contribution in [3.8, 4) is 0 Å². The quantitative estimate of drug-likeness (QED) is 0.752. The number of nitrogens with one attached hydrogen (secondary N) is 3. The molecule has 3 N–H and O–H groups in total. The number of carbonyl (C=O) groups is 2. The standard InChI is InChI=1S/C17H18N4O4S/c22-16(19-14-5-8-18-9-6-14)12-1-3-13(4-2-12)20-17(23)21-15-7-10-26(24,25)11-15/h1-6,8-9,15H,7,10-11H2,(H,18,19,22)(H2,20,21,23)/t15-/m1/s1. The van der Waals surface area contributed by atoms with Gasteiger partial charge in [-0.05, 0) is 42.8 Å². The average Bonchev–Trinajstić information content (AvgIpc) is 2.94. The highest BCUT2D eigenvalue weighted by atomic mass is 32.2. The van der Waals surface area contributed by atoms with E-state index in [4.69, 9.17) is 0 Å². The first-order valence-corrected chi connectivity index (χ1v) is 9.83. The summed E-state index contributed by atoms with van der Waals surface area (Å²) in [5, 5.41) is 8.00. The summed E-state index contributed by atoms with van der Waals surface area (Å²) < 4.78 is 22.8. The molecule has 1 aromatic carbocycles. The second-order valence-electron chi connectivity index (χ2n) is 5.97. The Kier molecular flexibility index (Phi) is 5.17. The van der Waals surface area contributed by atoms with Crippen LogP contribution in [-0.2, 0) is 9.84 Å². The van der Waals surface area contributed by atoms with Crippen molar-refractivity contribution in [3.63, 3.8) is 0 Å². The second-order valence-corrected chi connectivity index (χ2v) is 8.19. The highest BCUT2D eigenvalue weighted by molar-refractivity contribution is 7.91. The Morgan fingerprint density at radius 1 is 0.962 bits per heavy atom. The first-order valence-electron chi connectivity index (χ1n) is 8.01. The van der Waals surface area contributed by atoms with Crippen LogP contribution in [0.15, 0.2) is 48.8 Å². The molecular formula is C17H18N4O4S. The maximum absolute atomic E-state index is 12.2. The third-order valence-corrected chi connectivity index (χ3v) is 5.68. The van der Waals surface area contributed by atoms with Crippen LogP contribution in [0.2, 0.25) is 0 Å². The van der Waals surface area contributed by atoms with Gasteiger partial charge in [-0.15, -0.1) is 0 Å². The van der Waals surface area contributed by atoms with Crippen molar-refractivity contribution in [3.05, 3.63) is 54.4 Å². The topological polar surface area (TPSA) is 117 Å². The fraction of sp³-hybridized carbons (Fsp3) is 0.235. The maximum Gasteiger partial charge on any atom is 0.319 e. The Balaban J connectivity index is 1.54. The lowest BCUT2D eigenvalue weighted by Gasteiger charge is -2.12. The molecule has 3 amide bonds. The van der Waals surface area contributed by atoms with E-state index in [0.29, 0.717) is 23.4 Å². The third kappa shape index (κ3) is 4.79. The van der Waals surface area contributed by atoms with Gasteiger partial charge in [0.05, 0.1) is 11.5 Å². The summed E-state index contributed by atoms with van der Waals surface area (Å²) in [6.45, 7) is 0. The zero-order chi connectivity index (χ0) is 18.6. The van der Waals surface area contributed by atoms with Crippen LogP contribution < -0.4 is 16.0 Å². The Bertz CT molecular complexity index is 898. The van der Waals surface area contributed by atoms with Gasteiger partial charge in [-0.25, -0.2) is 13.2 Å². The number of hydrogen-bond donors (Lipinski definition) is 3. The minimum Gasteiger partial charge on any atom is -0.334 e. The summed E-state index contributed by atoms with van der Waals surface area (Å²) in [5.74, 6) is -0.211. The van der Waals surface area contributed by atoms with Crippen LogP contribution in [0, 0.1) is 0 Å². The molecule has 0 unspecified atom stereocenters. The summed E-state index contributed by atoms with van der Waals surface area (Å²) >= 11 is 0. The summed E-state index contributed by atoms with van der Waals surface area (Å²) in [6, 6.07) is 8.91. The molecule has 0 aliphatic carbocycles. The van der Waals surface area contributed by atoms with Crippen LogP contribution in [0.5, 0.6) is 0 Å². The number of amides is 3. The van der Waals surface area contributed by atoms with Gasteiger partial charge in [-0.2, -0.15) is 0 Å². The van der Waals surface area contributed by atoms with Gasteiger partial charge >= 0.3 is 6.03 Å². The number of urea groups is 1. The van der Waals surface area contributed by atoms with E-state index < -0.39 is 15.9 Å². The van der Waals surface area contributed by atoms with E-state index in [-0.39, 0.29) is 23.5 Å². The zero-order valence-corrected chi connectivity index (χ0v) is 14.6. The molecule has 9 heteroatoms. The number of rotatable bonds is 4. The van der Waals surface area contributed by atoms with Crippen LogP contribution in [0.3, 0.4) is 0 Å². The summed E-state index contributed by atoms with van der Waals surface area (Å²) in [7, 11) is -3.05. The predicted molar refractivity (Wildman–Crippen MR) is 97.8 cm³/mol. The normalized spacial score (nSPS) is 18.1. The number of carbonyl (C=O) groups excluding carboxylic acids is 2. The molecule has 1 fully saturated rings. The van der Waals surface area contributed by atoms with Crippen molar-refractivity contribution < 1.29 is 18.0 Å². The van der Waals surface area contributed by atoms with Crippen LogP contribution in [0.4, 0.5) is 16.2 Å². The number of sulfone groups is 1. The highest BCUT2D eigenvalue weighted by Gasteiger charge is 2.28. The molecule has 8 nitrogen and oxygen atoms in total. The molecule has 1 atom stereocenters. The molecule has 136 valence electrons. The molecule has 0 saturated carbocycles.